The van der Waals surface area contributed by atoms with Crippen molar-refractivity contribution in [2.24, 2.45) is 5.92 Å². The molecule has 3 nitrogen and oxygen atoms in total. The van der Waals surface area contributed by atoms with E-state index in [2.05, 4.69) is 17.6 Å². The fourth-order valence-corrected chi connectivity index (χ4v) is 1.80. The summed E-state index contributed by atoms with van der Waals surface area (Å²) in [6.07, 6.45) is 3.34. The van der Waals surface area contributed by atoms with Crippen molar-refractivity contribution < 1.29 is 5.11 Å². The molecule has 0 amide bonds. The Morgan fingerprint density at radius 2 is 2.46 bits per heavy atom. The van der Waals surface area contributed by atoms with Gasteiger partial charge in [0.25, 0.3) is 0 Å². The third-order valence-electron chi connectivity index (χ3n) is 2.87. The van der Waals surface area contributed by atoms with Crippen LogP contribution in [-0.2, 0) is 0 Å². The maximum atomic E-state index is 8.82. The van der Waals surface area contributed by atoms with Gasteiger partial charge in [-0.05, 0) is 31.8 Å². The molecule has 3 heteroatoms. The van der Waals surface area contributed by atoms with Crippen molar-refractivity contribution in [3.8, 4) is 0 Å². The summed E-state index contributed by atoms with van der Waals surface area (Å²) in [5.74, 6) is 0.644. The monoisotopic (exact) mass is 186 g/mol. The Bertz CT molecular complexity index is 124. The number of hydrogen-bond donors (Lipinski definition) is 3. The minimum absolute atomic E-state index is 0.323. The molecule has 0 aromatic carbocycles. The van der Waals surface area contributed by atoms with E-state index in [0.29, 0.717) is 18.6 Å². The average Bonchev–Trinajstić information content (AvgIpc) is 2.64. The molecule has 0 aromatic heterocycles. The molecule has 0 aromatic rings. The molecule has 1 heterocycles. The second-order valence-corrected chi connectivity index (χ2v) is 3.88. The summed E-state index contributed by atoms with van der Waals surface area (Å²) < 4.78 is 0. The fraction of sp³-hybridized carbons (Fsp3) is 1.00. The number of aliphatic hydroxyl groups is 1. The van der Waals surface area contributed by atoms with Gasteiger partial charge in [-0.25, -0.2) is 0 Å². The second kappa shape index (κ2) is 6.35. The summed E-state index contributed by atoms with van der Waals surface area (Å²) in [5.41, 5.74) is 0. The molecule has 0 spiro atoms. The van der Waals surface area contributed by atoms with Gasteiger partial charge < -0.3 is 15.7 Å². The van der Waals surface area contributed by atoms with Gasteiger partial charge in [-0.1, -0.05) is 13.3 Å². The van der Waals surface area contributed by atoms with Crippen LogP contribution in [0, 0.1) is 5.92 Å². The number of hydrogen-bond acceptors (Lipinski definition) is 3. The minimum Gasteiger partial charge on any atom is -0.396 e. The lowest BCUT2D eigenvalue weighted by Crippen LogP contribution is -2.35. The first-order chi connectivity index (χ1) is 6.36. The van der Waals surface area contributed by atoms with Gasteiger partial charge in [-0.2, -0.15) is 0 Å². The van der Waals surface area contributed by atoms with Gasteiger partial charge in [0.05, 0.1) is 0 Å². The highest BCUT2D eigenvalue weighted by Crippen LogP contribution is 2.07. The molecular formula is C10H22N2O. The van der Waals surface area contributed by atoms with Crippen molar-refractivity contribution >= 4 is 0 Å². The third-order valence-corrected chi connectivity index (χ3v) is 2.87. The Kier molecular flexibility index (Phi) is 5.35. The molecule has 0 aliphatic carbocycles. The lowest BCUT2D eigenvalue weighted by atomic mass is 10.0. The molecule has 0 bridgehead atoms. The van der Waals surface area contributed by atoms with E-state index >= 15 is 0 Å². The quantitative estimate of drug-likeness (QED) is 0.561. The van der Waals surface area contributed by atoms with E-state index in [9.17, 15) is 0 Å². The molecule has 2 atom stereocenters. The normalized spacial score (nSPS) is 24.9. The van der Waals surface area contributed by atoms with Crippen LogP contribution in [0.15, 0.2) is 0 Å². The first-order valence-corrected chi connectivity index (χ1v) is 5.41. The zero-order chi connectivity index (χ0) is 9.52. The lowest BCUT2D eigenvalue weighted by molar-refractivity contribution is 0.249. The zero-order valence-corrected chi connectivity index (χ0v) is 8.55. The lowest BCUT2D eigenvalue weighted by Gasteiger charge is -2.17. The molecule has 2 unspecified atom stereocenters. The Hall–Kier alpha value is -0.120. The SMILES string of the molecule is CCC(CCO)CNC1CCNC1. The van der Waals surface area contributed by atoms with Crippen LogP contribution in [0.25, 0.3) is 0 Å². The molecule has 1 aliphatic heterocycles. The van der Waals surface area contributed by atoms with Crippen LogP contribution in [0.3, 0.4) is 0 Å². The van der Waals surface area contributed by atoms with Gasteiger partial charge in [0.2, 0.25) is 0 Å². The molecule has 1 saturated heterocycles. The first-order valence-electron chi connectivity index (χ1n) is 5.41. The Morgan fingerprint density at radius 1 is 1.62 bits per heavy atom. The third kappa shape index (κ3) is 4.07. The van der Waals surface area contributed by atoms with E-state index in [0.717, 1.165) is 32.5 Å². The predicted molar refractivity (Wildman–Crippen MR) is 54.8 cm³/mol. The molecule has 3 N–H and O–H groups in total. The second-order valence-electron chi connectivity index (χ2n) is 3.88. The van der Waals surface area contributed by atoms with Crippen molar-refractivity contribution in [3.63, 3.8) is 0 Å². The minimum atomic E-state index is 0.323. The largest absolute Gasteiger partial charge is 0.396 e. The highest BCUT2D eigenvalue weighted by atomic mass is 16.3. The van der Waals surface area contributed by atoms with Crippen LogP contribution in [-0.4, -0.2) is 37.4 Å². The van der Waals surface area contributed by atoms with Crippen molar-refractivity contribution in [1.29, 1.82) is 0 Å². The molecule has 13 heavy (non-hydrogen) atoms. The van der Waals surface area contributed by atoms with Gasteiger partial charge in [-0.3, -0.25) is 0 Å². The average molecular weight is 186 g/mol. The predicted octanol–water partition coefficient (Wildman–Crippen LogP) is 0.346. The van der Waals surface area contributed by atoms with E-state index < -0.39 is 0 Å². The maximum absolute atomic E-state index is 8.82. The van der Waals surface area contributed by atoms with E-state index in [1.807, 2.05) is 0 Å². The van der Waals surface area contributed by atoms with Crippen LogP contribution < -0.4 is 10.6 Å². The van der Waals surface area contributed by atoms with Crippen LogP contribution in [0.1, 0.15) is 26.2 Å². The number of nitrogens with one attached hydrogen (secondary N) is 2. The molecule has 1 fully saturated rings. The molecule has 0 saturated carbocycles. The highest BCUT2D eigenvalue weighted by molar-refractivity contribution is 4.78. The van der Waals surface area contributed by atoms with E-state index in [1.54, 1.807) is 0 Å². The van der Waals surface area contributed by atoms with Crippen LogP contribution in [0.5, 0.6) is 0 Å². The molecule has 78 valence electrons. The maximum Gasteiger partial charge on any atom is 0.0434 e. The Labute approximate surface area is 80.9 Å². The van der Waals surface area contributed by atoms with E-state index in [1.165, 1.54) is 6.42 Å². The number of aliphatic hydroxyl groups excluding tert-OH is 1. The molecule has 1 rings (SSSR count). The summed E-state index contributed by atoms with van der Waals surface area (Å²) in [5, 5.41) is 15.7. The zero-order valence-electron chi connectivity index (χ0n) is 8.55. The standard InChI is InChI=1S/C10H22N2O/c1-2-9(4-6-13)7-12-10-3-5-11-8-10/h9-13H,2-8H2,1H3. The summed E-state index contributed by atoms with van der Waals surface area (Å²) in [7, 11) is 0. The van der Waals surface area contributed by atoms with Gasteiger partial charge in [0.15, 0.2) is 0 Å². The van der Waals surface area contributed by atoms with Gasteiger partial charge in [0, 0.05) is 19.2 Å². The van der Waals surface area contributed by atoms with Gasteiger partial charge >= 0.3 is 0 Å². The van der Waals surface area contributed by atoms with Crippen molar-refractivity contribution in [2.75, 3.05) is 26.2 Å². The van der Waals surface area contributed by atoms with Crippen molar-refractivity contribution in [3.05, 3.63) is 0 Å². The van der Waals surface area contributed by atoms with Crippen LogP contribution in [0.4, 0.5) is 0 Å². The highest BCUT2D eigenvalue weighted by Gasteiger charge is 2.14. The van der Waals surface area contributed by atoms with Crippen molar-refractivity contribution in [1.82, 2.24) is 10.6 Å². The molecular weight excluding hydrogens is 164 g/mol. The van der Waals surface area contributed by atoms with Gasteiger partial charge in [0.1, 0.15) is 0 Å². The van der Waals surface area contributed by atoms with Crippen LogP contribution in [0.2, 0.25) is 0 Å². The molecule has 1 aliphatic rings. The van der Waals surface area contributed by atoms with Gasteiger partial charge in [-0.15, -0.1) is 0 Å². The first kappa shape index (κ1) is 11.0. The van der Waals surface area contributed by atoms with Crippen molar-refractivity contribution in [2.45, 2.75) is 32.2 Å². The van der Waals surface area contributed by atoms with E-state index in [-0.39, 0.29) is 0 Å². The molecule has 0 radical (unpaired) electrons. The fourth-order valence-electron chi connectivity index (χ4n) is 1.80. The Balaban J connectivity index is 2.07. The smallest absolute Gasteiger partial charge is 0.0434 e. The topological polar surface area (TPSA) is 44.3 Å². The Morgan fingerprint density at radius 3 is 3.00 bits per heavy atom. The summed E-state index contributed by atoms with van der Waals surface area (Å²) >= 11 is 0. The van der Waals surface area contributed by atoms with E-state index in [4.69, 9.17) is 5.11 Å². The van der Waals surface area contributed by atoms with Crippen LogP contribution >= 0.6 is 0 Å². The summed E-state index contributed by atoms with van der Waals surface area (Å²) in [4.78, 5) is 0. The summed E-state index contributed by atoms with van der Waals surface area (Å²) in [6, 6.07) is 0.660. The summed E-state index contributed by atoms with van der Waals surface area (Å²) in [6.45, 7) is 5.82. The number of rotatable bonds is 6.